The second-order valence-corrected chi connectivity index (χ2v) is 13.1. The lowest BCUT2D eigenvalue weighted by molar-refractivity contribution is 0.357. The number of aromatic nitrogens is 3. The van der Waals surface area contributed by atoms with E-state index in [-0.39, 0.29) is 12.1 Å². The van der Waals surface area contributed by atoms with Crippen molar-refractivity contribution in [1.82, 2.24) is 19.9 Å². The van der Waals surface area contributed by atoms with Crippen LogP contribution in [-0.4, -0.2) is 32.7 Å². The van der Waals surface area contributed by atoms with E-state index in [4.69, 9.17) is 33.8 Å². The molecule has 2 saturated heterocycles. The smallest absolute Gasteiger partial charge is 0.194 e. The number of rotatable bonds is 5. The lowest BCUT2D eigenvalue weighted by Gasteiger charge is -2.37. The Balaban J connectivity index is 1.31. The topological polar surface area (TPSA) is 49.2 Å². The van der Waals surface area contributed by atoms with E-state index in [0.717, 1.165) is 56.2 Å². The van der Waals surface area contributed by atoms with Crippen LogP contribution in [0.4, 0.5) is 11.4 Å². The van der Waals surface area contributed by atoms with Crippen molar-refractivity contribution < 1.29 is 0 Å². The van der Waals surface area contributed by atoms with Gasteiger partial charge >= 0.3 is 0 Å². The summed E-state index contributed by atoms with van der Waals surface area (Å²) in [4.78, 5) is 14.3. The number of para-hydroxylation sites is 1. The lowest BCUT2D eigenvalue weighted by Crippen LogP contribution is -2.38. The molecule has 2 aliphatic heterocycles. The summed E-state index contributed by atoms with van der Waals surface area (Å²) in [7, 11) is 0. The van der Waals surface area contributed by atoms with Crippen molar-refractivity contribution in [3.05, 3.63) is 102 Å². The zero-order valence-corrected chi connectivity index (χ0v) is 25.3. The van der Waals surface area contributed by atoms with E-state index in [1.807, 2.05) is 24.4 Å². The van der Waals surface area contributed by atoms with E-state index in [9.17, 15) is 0 Å². The molecule has 1 N–H and O–H groups in total. The number of thiazole rings is 1. The molecule has 2 aliphatic rings. The van der Waals surface area contributed by atoms with Gasteiger partial charge in [0, 0.05) is 31.2 Å². The number of anilines is 2. The molecule has 0 bridgehead atoms. The Morgan fingerprint density at radius 1 is 0.976 bits per heavy atom. The summed E-state index contributed by atoms with van der Waals surface area (Å²) in [5.41, 5.74) is 5.04. The van der Waals surface area contributed by atoms with E-state index < -0.39 is 0 Å². The third-order valence-corrected chi connectivity index (χ3v) is 9.74. The van der Waals surface area contributed by atoms with E-state index in [1.165, 1.54) is 6.42 Å². The van der Waals surface area contributed by atoms with Gasteiger partial charge in [-0.2, -0.15) is 0 Å². The summed E-state index contributed by atoms with van der Waals surface area (Å²) in [5.74, 6) is 1.28. The van der Waals surface area contributed by atoms with Gasteiger partial charge in [0.15, 0.2) is 10.2 Å². The van der Waals surface area contributed by atoms with E-state index in [1.54, 1.807) is 11.3 Å². The van der Waals surface area contributed by atoms with Crippen molar-refractivity contribution in [2.75, 3.05) is 22.9 Å². The standard InChI is InChI=1S/C32H31ClN6S2/c1-20-16-21(2)19-37(18-20)26-13-12-22(17-23(26)33)39-30(29(36-31(39)40)25-9-5-6-14-34-25)27-10-7-15-38(27)32-35-24-8-3-4-11-28(24)41-32/h3-15,17,20-21,29-30H,16,18-19H2,1-2H3,(H,36,40)/t20-,21-,29-,30-/m0/s1. The summed E-state index contributed by atoms with van der Waals surface area (Å²) >= 11 is 14.7. The summed E-state index contributed by atoms with van der Waals surface area (Å²) < 4.78 is 3.34. The SMILES string of the molecule is C[C@H]1C[C@H](C)CN(c2ccc(N3C(=S)N[C@@H](c4ccccn4)[C@@H]3c3cccn3-c3nc4ccccc4s3)cc2Cl)C1. The molecule has 0 spiro atoms. The number of fused-ring (bicyclic) bond motifs is 1. The van der Waals surface area contributed by atoms with Gasteiger partial charge in [-0.1, -0.05) is 55.0 Å². The number of nitrogens with one attached hydrogen (secondary N) is 1. The first-order valence-electron chi connectivity index (χ1n) is 14.0. The zero-order valence-electron chi connectivity index (χ0n) is 22.9. The quantitative estimate of drug-likeness (QED) is 0.208. The van der Waals surface area contributed by atoms with Crippen molar-refractivity contribution in [3.63, 3.8) is 0 Å². The summed E-state index contributed by atoms with van der Waals surface area (Å²) in [6, 6.07) is 24.5. The predicted octanol–water partition coefficient (Wildman–Crippen LogP) is 7.79. The zero-order chi connectivity index (χ0) is 28.1. The molecular weight excluding hydrogens is 568 g/mol. The van der Waals surface area contributed by atoms with E-state index >= 15 is 0 Å². The largest absolute Gasteiger partial charge is 0.370 e. The van der Waals surface area contributed by atoms with Crippen LogP contribution in [0.15, 0.2) is 85.2 Å². The van der Waals surface area contributed by atoms with Crippen LogP contribution < -0.4 is 15.1 Å². The summed E-state index contributed by atoms with van der Waals surface area (Å²) in [5, 5.41) is 5.89. The van der Waals surface area contributed by atoms with Crippen LogP contribution in [0.1, 0.15) is 43.7 Å². The van der Waals surface area contributed by atoms with E-state index in [0.29, 0.717) is 16.9 Å². The van der Waals surface area contributed by atoms with Gasteiger partial charge in [0.1, 0.15) is 6.04 Å². The van der Waals surface area contributed by atoms with Crippen molar-refractivity contribution in [1.29, 1.82) is 0 Å². The molecule has 4 atom stereocenters. The molecule has 0 radical (unpaired) electrons. The monoisotopic (exact) mass is 598 g/mol. The average Bonchev–Trinajstić information content (AvgIpc) is 3.69. The molecule has 0 unspecified atom stereocenters. The number of nitrogens with zero attached hydrogens (tertiary/aromatic N) is 5. The second-order valence-electron chi connectivity index (χ2n) is 11.3. The number of pyridine rings is 1. The Labute approximate surface area is 254 Å². The van der Waals surface area contributed by atoms with Crippen LogP contribution in [0.25, 0.3) is 15.3 Å². The van der Waals surface area contributed by atoms with Crippen LogP contribution in [0.3, 0.4) is 0 Å². The van der Waals surface area contributed by atoms with Crippen LogP contribution in [0.2, 0.25) is 5.02 Å². The minimum Gasteiger partial charge on any atom is -0.370 e. The highest BCUT2D eigenvalue weighted by molar-refractivity contribution is 7.80. The molecule has 0 saturated carbocycles. The molecule has 5 heterocycles. The fourth-order valence-corrected chi connectivity index (χ4v) is 8.08. The minimum atomic E-state index is -0.170. The van der Waals surface area contributed by atoms with Gasteiger partial charge in [-0.3, -0.25) is 9.55 Å². The molecule has 3 aromatic heterocycles. The molecular formula is C32H31ClN6S2. The molecule has 7 rings (SSSR count). The van der Waals surface area contributed by atoms with Gasteiger partial charge in [0.2, 0.25) is 0 Å². The fraction of sp³-hybridized carbons (Fsp3) is 0.281. The number of hydrogen-bond acceptors (Lipinski definition) is 5. The normalized spacial score (nSPS) is 22.9. The van der Waals surface area contributed by atoms with Crippen molar-refractivity contribution in [3.8, 4) is 5.13 Å². The first-order chi connectivity index (χ1) is 20.0. The first-order valence-corrected chi connectivity index (χ1v) is 15.6. The van der Waals surface area contributed by atoms with Gasteiger partial charge in [0.05, 0.1) is 38.4 Å². The molecule has 0 aliphatic carbocycles. The van der Waals surface area contributed by atoms with Crippen molar-refractivity contribution >= 4 is 61.9 Å². The molecule has 208 valence electrons. The maximum absolute atomic E-state index is 7.02. The minimum absolute atomic E-state index is 0.158. The van der Waals surface area contributed by atoms with Crippen LogP contribution in [-0.2, 0) is 0 Å². The Bertz CT molecular complexity index is 1670. The third-order valence-electron chi connectivity index (χ3n) is 8.09. The number of benzene rings is 2. The van der Waals surface area contributed by atoms with Crippen LogP contribution in [0, 0.1) is 11.8 Å². The number of piperidine rings is 1. The second kappa shape index (κ2) is 10.7. The maximum Gasteiger partial charge on any atom is 0.194 e. The average molecular weight is 599 g/mol. The van der Waals surface area contributed by atoms with Crippen molar-refractivity contribution in [2.24, 2.45) is 11.8 Å². The molecule has 2 aromatic carbocycles. The first kappa shape index (κ1) is 26.4. The molecule has 9 heteroatoms. The highest BCUT2D eigenvalue weighted by atomic mass is 35.5. The predicted molar refractivity (Wildman–Crippen MR) is 173 cm³/mol. The maximum atomic E-state index is 7.02. The van der Waals surface area contributed by atoms with Crippen LogP contribution >= 0.6 is 35.2 Å². The van der Waals surface area contributed by atoms with Gasteiger partial charge in [-0.05, 0) is 85.1 Å². The molecule has 5 aromatic rings. The third kappa shape index (κ3) is 4.88. The van der Waals surface area contributed by atoms with Gasteiger partial charge in [0.25, 0.3) is 0 Å². The van der Waals surface area contributed by atoms with Gasteiger partial charge in [-0.25, -0.2) is 4.98 Å². The highest BCUT2D eigenvalue weighted by Crippen LogP contribution is 2.44. The van der Waals surface area contributed by atoms with Gasteiger partial charge in [-0.15, -0.1) is 0 Å². The van der Waals surface area contributed by atoms with Crippen LogP contribution in [0.5, 0.6) is 0 Å². The number of thiocarbonyl (C=S) groups is 1. The summed E-state index contributed by atoms with van der Waals surface area (Å²) in [6.07, 6.45) is 5.17. The number of halogens is 1. The van der Waals surface area contributed by atoms with E-state index in [2.05, 4.69) is 94.3 Å². The molecule has 2 fully saturated rings. The molecule has 41 heavy (non-hydrogen) atoms. The molecule has 6 nitrogen and oxygen atoms in total. The van der Waals surface area contributed by atoms with Crippen molar-refractivity contribution in [2.45, 2.75) is 32.4 Å². The highest BCUT2D eigenvalue weighted by Gasteiger charge is 2.42. The lowest BCUT2D eigenvalue weighted by atomic mass is 9.91. The Morgan fingerprint density at radius 3 is 2.54 bits per heavy atom. The Morgan fingerprint density at radius 2 is 1.78 bits per heavy atom. The fourth-order valence-electron chi connectivity index (χ4n) is 6.47. The Hall–Kier alpha value is -3.46. The Kier molecular flexibility index (Phi) is 6.93. The number of hydrogen-bond donors (Lipinski definition) is 1. The van der Waals surface area contributed by atoms with Gasteiger partial charge < -0.3 is 15.1 Å². The summed E-state index contributed by atoms with van der Waals surface area (Å²) in [6.45, 7) is 6.69. The molecule has 0 amide bonds.